The van der Waals surface area contributed by atoms with Gasteiger partial charge in [-0.2, -0.15) is 0 Å². The van der Waals surface area contributed by atoms with Crippen LogP contribution in [0.4, 0.5) is 17.3 Å². The van der Waals surface area contributed by atoms with E-state index in [9.17, 15) is 4.79 Å². The molecule has 0 aliphatic rings. The number of methoxy groups -OCH3 is 1. The van der Waals surface area contributed by atoms with Gasteiger partial charge in [-0.25, -0.2) is 9.97 Å². The lowest BCUT2D eigenvalue weighted by Gasteiger charge is -2.12. The van der Waals surface area contributed by atoms with Crippen molar-refractivity contribution >= 4 is 23.2 Å². The highest BCUT2D eigenvalue weighted by atomic mass is 16.5. The Bertz CT molecular complexity index is 1260. The smallest absolute Gasteiger partial charge is 0.255 e. The molecule has 0 unspecified atom stereocenters. The van der Waals surface area contributed by atoms with Gasteiger partial charge >= 0.3 is 0 Å². The van der Waals surface area contributed by atoms with Crippen molar-refractivity contribution in [3.63, 3.8) is 0 Å². The summed E-state index contributed by atoms with van der Waals surface area (Å²) in [5.74, 6) is 0.933. The lowest BCUT2D eigenvalue weighted by molar-refractivity contribution is 0.102. The topological polar surface area (TPSA) is 89.0 Å². The molecule has 0 saturated carbocycles. The number of aryl methyl sites for hydroxylation is 2. The average molecular weight is 425 g/mol. The first-order chi connectivity index (χ1) is 15.5. The second kappa shape index (κ2) is 9.26. The highest BCUT2D eigenvalue weighted by Crippen LogP contribution is 2.25. The van der Waals surface area contributed by atoms with Crippen molar-refractivity contribution in [1.29, 1.82) is 0 Å². The van der Waals surface area contributed by atoms with Gasteiger partial charge in [0.1, 0.15) is 5.75 Å². The van der Waals surface area contributed by atoms with E-state index in [0.717, 1.165) is 28.1 Å². The molecule has 0 spiro atoms. The molecule has 0 atom stereocenters. The number of amides is 1. The van der Waals surface area contributed by atoms with Crippen LogP contribution < -0.4 is 15.4 Å². The number of hydrogen-bond donors (Lipinski definition) is 2. The molecule has 7 nitrogen and oxygen atoms in total. The summed E-state index contributed by atoms with van der Waals surface area (Å²) in [6.45, 7) is 3.96. The Morgan fingerprint density at radius 2 is 1.78 bits per heavy atom. The van der Waals surface area contributed by atoms with Gasteiger partial charge in [0.25, 0.3) is 5.91 Å². The Labute approximate surface area is 186 Å². The van der Waals surface area contributed by atoms with Gasteiger partial charge < -0.3 is 15.4 Å². The Kier molecular flexibility index (Phi) is 6.07. The standard InChI is InChI=1S/C25H23N5O2/c1-16-4-7-18(8-5-16)24(31)28-20-9-6-17(2)23(13-20)30-25-27-11-10-22(29-25)19-12-21(32-3)15-26-14-19/h4-15H,1-3H3,(H,28,31)(H,27,29,30). The Hall–Kier alpha value is -4.26. The molecule has 1 amide bonds. The first-order valence-corrected chi connectivity index (χ1v) is 10.1. The summed E-state index contributed by atoms with van der Waals surface area (Å²) in [6.07, 6.45) is 5.05. The second-order valence-electron chi connectivity index (χ2n) is 7.35. The van der Waals surface area contributed by atoms with Crippen LogP contribution in [0.15, 0.2) is 73.2 Å². The fourth-order valence-electron chi connectivity index (χ4n) is 3.11. The average Bonchev–Trinajstić information content (AvgIpc) is 2.82. The van der Waals surface area contributed by atoms with E-state index in [1.807, 2.05) is 68.4 Å². The fourth-order valence-corrected chi connectivity index (χ4v) is 3.11. The van der Waals surface area contributed by atoms with Crippen LogP contribution in [0.2, 0.25) is 0 Å². The molecule has 2 heterocycles. The zero-order valence-electron chi connectivity index (χ0n) is 18.1. The molecular formula is C25H23N5O2. The maximum Gasteiger partial charge on any atom is 0.255 e. The van der Waals surface area contributed by atoms with Crippen molar-refractivity contribution in [2.45, 2.75) is 13.8 Å². The third-order valence-corrected chi connectivity index (χ3v) is 4.96. The van der Waals surface area contributed by atoms with Crippen LogP contribution in [-0.4, -0.2) is 28.0 Å². The first kappa shape index (κ1) is 21.0. The summed E-state index contributed by atoms with van der Waals surface area (Å²) >= 11 is 0. The van der Waals surface area contributed by atoms with Crippen LogP contribution in [0.3, 0.4) is 0 Å². The number of anilines is 3. The minimum Gasteiger partial charge on any atom is -0.495 e. The Morgan fingerprint density at radius 3 is 2.56 bits per heavy atom. The van der Waals surface area contributed by atoms with Gasteiger partial charge in [0.05, 0.1) is 19.0 Å². The normalized spacial score (nSPS) is 10.5. The van der Waals surface area contributed by atoms with E-state index in [-0.39, 0.29) is 5.91 Å². The summed E-state index contributed by atoms with van der Waals surface area (Å²) in [5, 5.41) is 6.19. The SMILES string of the molecule is COc1cncc(-c2ccnc(Nc3cc(NC(=O)c4ccc(C)cc4)ccc3C)n2)c1. The minimum atomic E-state index is -0.163. The highest BCUT2D eigenvalue weighted by Gasteiger charge is 2.09. The third-order valence-electron chi connectivity index (χ3n) is 4.96. The van der Waals surface area contributed by atoms with Crippen LogP contribution in [0.25, 0.3) is 11.3 Å². The maximum absolute atomic E-state index is 12.6. The zero-order valence-corrected chi connectivity index (χ0v) is 18.1. The molecule has 0 saturated heterocycles. The van der Waals surface area contributed by atoms with Crippen LogP contribution >= 0.6 is 0 Å². The van der Waals surface area contributed by atoms with E-state index in [1.54, 1.807) is 25.7 Å². The summed E-state index contributed by atoms with van der Waals surface area (Å²) < 4.78 is 5.24. The molecule has 4 aromatic rings. The molecule has 32 heavy (non-hydrogen) atoms. The van der Waals surface area contributed by atoms with Crippen LogP contribution in [0.1, 0.15) is 21.5 Å². The van der Waals surface area contributed by atoms with E-state index in [2.05, 4.69) is 25.6 Å². The summed E-state index contributed by atoms with van der Waals surface area (Å²) in [6, 6.07) is 16.8. The number of benzene rings is 2. The number of carbonyl (C=O) groups is 1. The molecule has 0 aliphatic carbocycles. The molecule has 0 fully saturated rings. The number of rotatable bonds is 6. The number of nitrogens with zero attached hydrogens (tertiary/aromatic N) is 3. The van der Waals surface area contributed by atoms with E-state index in [4.69, 9.17) is 4.74 Å². The summed E-state index contributed by atoms with van der Waals surface area (Å²) in [5.41, 5.74) is 5.73. The van der Waals surface area contributed by atoms with E-state index in [1.165, 1.54) is 0 Å². The van der Waals surface area contributed by atoms with Crippen LogP contribution in [-0.2, 0) is 0 Å². The van der Waals surface area contributed by atoms with Gasteiger partial charge in [0, 0.05) is 34.9 Å². The molecule has 0 aliphatic heterocycles. The van der Waals surface area contributed by atoms with Gasteiger partial charge in [0.15, 0.2) is 0 Å². The van der Waals surface area contributed by atoms with Crippen molar-refractivity contribution in [3.05, 3.63) is 89.9 Å². The molecular weight excluding hydrogens is 402 g/mol. The monoisotopic (exact) mass is 425 g/mol. The fraction of sp³-hybridized carbons (Fsp3) is 0.120. The number of pyridine rings is 1. The molecule has 2 N–H and O–H groups in total. The number of carbonyl (C=O) groups excluding carboxylic acids is 1. The lowest BCUT2D eigenvalue weighted by atomic mass is 10.1. The quantitative estimate of drug-likeness (QED) is 0.444. The number of nitrogens with one attached hydrogen (secondary N) is 2. The number of ether oxygens (including phenoxy) is 1. The van der Waals surface area contributed by atoms with Gasteiger partial charge in [-0.3, -0.25) is 9.78 Å². The van der Waals surface area contributed by atoms with Crippen molar-refractivity contribution in [2.75, 3.05) is 17.7 Å². The second-order valence-corrected chi connectivity index (χ2v) is 7.35. The highest BCUT2D eigenvalue weighted by molar-refractivity contribution is 6.04. The van der Waals surface area contributed by atoms with Gasteiger partial charge in [-0.1, -0.05) is 23.8 Å². The molecule has 2 aromatic carbocycles. The Morgan fingerprint density at radius 1 is 0.969 bits per heavy atom. The predicted molar refractivity (Wildman–Crippen MR) is 125 cm³/mol. The predicted octanol–water partition coefficient (Wildman–Crippen LogP) is 5.16. The largest absolute Gasteiger partial charge is 0.495 e. The van der Waals surface area contributed by atoms with Gasteiger partial charge in [0.2, 0.25) is 5.95 Å². The van der Waals surface area contributed by atoms with Crippen molar-refractivity contribution < 1.29 is 9.53 Å². The summed E-state index contributed by atoms with van der Waals surface area (Å²) in [7, 11) is 1.60. The van der Waals surface area contributed by atoms with Crippen molar-refractivity contribution in [3.8, 4) is 17.0 Å². The minimum absolute atomic E-state index is 0.163. The first-order valence-electron chi connectivity index (χ1n) is 10.1. The number of hydrogen-bond acceptors (Lipinski definition) is 6. The lowest BCUT2D eigenvalue weighted by Crippen LogP contribution is -2.12. The van der Waals surface area contributed by atoms with Crippen molar-refractivity contribution in [1.82, 2.24) is 15.0 Å². The summed E-state index contributed by atoms with van der Waals surface area (Å²) in [4.78, 5) is 25.7. The van der Waals surface area contributed by atoms with E-state index >= 15 is 0 Å². The number of aromatic nitrogens is 3. The Balaban J connectivity index is 1.54. The molecule has 2 aromatic heterocycles. The third kappa shape index (κ3) is 4.89. The molecule has 0 bridgehead atoms. The van der Waals surface area contributed by atoms with Crippen LogP contribution in [0.5, 0.6) is 5.75 Å². The molecule has 0 radical (unpaired) electrons. The maximum atomic E-state index is 12.6. The van der Waals surface area contributed by atoms with Gasteiger partial charge in [-0.05, 0) is 55.8 Å². The van der Waals surface area contributed by atoms with E-state index < -0.39 is 0 Å². The zero-order chi connectivity index (χ0) is 22.5. The molecule has 4 rings (SSSR count). The van der Waals surface area contributed by atoms with Crippen LogP contribution in [0, 0.1) is 13.8 Å². The van der Waals surface area contributed by atoms with Crippen molar-refractivity contribution in [2.24, 2.45) is 0 Å². The van der Waals surface area contributed by atoms with Gasteiger partial charge in [-0.15, -0.1) is 0 Å². The molecule has 7 heteroatoms. The van der Waals surface area contributed by atoms with E-state index in [0.29, 0.717) is 22.9 Å². The molecule has 160 valence electrons.